The van der Waals surface area contributed by atoms with E-state index in [9.17, 15) is 13.2 Å². The minimum Gasteiger partial charge on any atom is -0.339 e. The summed E-state index contributed by atoms with van der Waals surface area (Å²) < 4.78 is 44.1. The third-order valence-corrected chi connectivity index (χ3v) is 2.44. The van der Waals surface area contributed by atoms with Crippen LogP contribution >= 0.6 is 0 Å². The predicted molar refractivity (Wildman–Crippen MR) is 56.0 cm³/mol. The van der Waals surface area contributed by atoms with Crippen LogP contribution in [0.3, 0.4) is 0 Å². The number of benzene rings is 1. The van der Waals surface area contributed by atoms with E-state index >= 15 is 0 Å². The highest BCUT2D eigenvalue weighted by molar-refractivity contribution is 5.27. The second-order valence-electron chi connectivity index (χ2n) is 3.67. The summed E-state index contributed by atoms with van der Waals surface area (Å²) in [4.78, 5) is 3.91. The van der Waals surface area contributed by atoms with Crippen molar-refractivity contribution in [2.45, 2.75) is 19.4 Å². The van der Waals surface area contributed by atoms with Gasteiger partial charge in [-0.25, -0.2) is 13.2 Å². The number of aromatic nitrogens is 2. The number of halogens is 3. The average Bonchev–Trinajstić information content (AvgIpc) is 2.81. The van der Waals surface area contributed by atoms with E-state index in [4.69, 9.17) is 10.3 Å². The fraction of sp³-hybridized carbons (Fsp3) is 0.273. The highest BCUT2D eigenvalue weighted by atomic mass is 19.2. The molecule has 2 aromatic rings. The summed E-state index contributed by atoms with van der Waals surface area (Å²) in [7, 11) is 0. The first-order chi connectivity index (χ1) is 8.52. The second-order valence-corrected chi connectivity index (χ2v) is 3.67. The number of nitrogens with two attached hydrogens (primary N) is 1. The van der Waals surface area contributed by atoms with Crippen molar-refractivity contribution in [1.29, 1.82) is 0 Å². The largest absolute Gasteiger partial charge is 0.339 e. The van der Waals surface area contributed by atoms with Crippen molar-refractivity contribution in [3.8, 4) is 0 Å². The highest BCUT2D eigenvalue weighted by Crippen LogP contribution is 2.22. The maximum absolute atomic E-state index is 13.5. The van der Waals surface area contributed by atoms with Gasteiger partial charge in [-0.2, -0.15) is 4.98 Å². The molecule has 0 bridgehead atoms. The molecule has 1 atom stereocenters. The van der Waals surface area contributed by atoms with Crippen molar-refractivity contribution in [3.05, 3.63) is 46.9 Å². The predicted octanol–water partition coefficient (Wildman–Crippen LogP) is 2.10. The molecule has 1 aromatic heterocycles. The number of aryl methyl sites for hydroxylation is 1. The Morgan fingerprint density at radius 3 is 2.50 bits per heavy atom. The summed E-state index contributed by atoms with van der Waals surface area (Å²) >= 11 is 0. The molecule has 2 N–H and O–H groups in total. The van der Waals surface area contributed by atoms with Gasteiger partial charge in [0.1, 0.15) is 5.82 Å². The zero-order valence-electron chi connectivity index (χ0n) is 9.45. The van der Waals surface area contributed by atoms with Gasteiger partial charge in [-0.05, 0) is 6.07 Å². The van der Waals surface area contributed by atoms with Crippen LogP contribution in [0.1, 0.15) is 30.2 Å². The fourth-order valence-electron chi connectivity index (χ4n) is 1.45. The first kappa shape index (κ1) is 12.6. The summed E-state index contributed by atoms with van der Waals surface area (Å²) in [5, 5.41) is 3.56. The SMILES string of the molecule is CCc1nc(C(N)c2cc(F)c(F)cc2F)no1. The standard InChI is InChI=1S/C11H10F3N3O/c1-2-9-16-11(17-18-9)10(15)5-3-7(13)8(14)4-6(5)12/h3-4,10H,2,15H2,1H3. The van der Waals surface area contributed by atoms with E-state index < -0.39 is 23.5 Å². The van der Waals surface area contributed by atoms with Crippen LogP contribution in [-0.4, -0.2) is 10.1 Å². The lowest BCUT2D eigenvalue weighted by Gasteiger charge is -2.09. The molecule has 0 radical (unpaired) electrons. The Balaban J connectivity index is 2.39. The monoisotopic (exact) mass is 257 g/mol. The zero-order valence-corrected chi connectivity index (χ0v) is 9.45. The molecule has 0 aliphatic heterocycles. The Kier molecular flexibility index (Phi) is 3.33. The average molecular weight is 257 g/mol. The Morgan fingerprint density at radius 2 is 1.89 bits per heavy atom. The molecule has 1 heterocycles. The Hall–Kier alpha value is -1.89. The molecule has 4 nitrogen and oxygen atoms in total. The van der Waals surface area contributed by atoms with E-state index in [1.807, 2.05) is 0 Å². The second kappa shape index (κ2) is 4.77. The lowest BCUT2D eigenvalue weighted by atomic mass is 10.1. The Labute approximate surface area is 101 Å². The normalized spacial score (nSPS) is 12.7. The molecular formula is C11H10F3N3O. The molecule has 0 aliphatic rings. The van der Waals surface area contributed by atoms with Crippen molar-refractivity contribution in [1.82, 2.24) is 10.1 Å². The van der Waals surface area contributed by atoms with Gasteiger partial charge in [-0.15, -0.1) is 0 Å². The van der Waals surface area contributed by atoms with Crippen LogP contribution in [0.25, 0.3) is 0 Å². The molecule has 0 fully saturated rings. The van der Waals surface area contributed by atoms with Crippen molar-refractivity contribution >= 4 is 0 Å². The molecule has 18 heavy (non-hydrogen) atoms. The third kappa shape index (κ3) is 2.21. The first-order valence-electron chi connectivity index (χ1n) is 5.25. The van der Waals surface area contributed by atoms with E-state index in [0.717, 1.165) is 0 Å². The maximum atomic E-state index is 13.5. The van der Waals surface area contributed by atoms with Crippen LogP contribution in [-0.2, 0) is 6.42 Å². The molecule has 0 aliphatic carbocycles. The van der Waals surface area contributed by atoms with Crippen LogP contribution in [0.2, 0.25) is 0 Å². The Morgan fingerprint density at radius 1 is 1.22 bits per heavy atom. The number of nitrogens with zero attached hydrogens (tertiary/aromatic N) is 2. The van der Waals surface area contributed by atoms with E-state index in [-0.39, 0.29) is 11.4 Å². The summed E-state index contributed by atoms with van der Waals surface area (Å²) in [6.45, 7) is 1.79. The van der Waals surface area contributed by atoms with Gasteiger partial charge >= 0.3 is 0 Å². The molecule has 0 spiro atoms. The fourth-order valence-corrected chi connectivity index (χ4v) is 1.45. The Bertz CT molecular complexity index is 571. The molecule has 1 aromatic carbocycles. The topological polar surface area (TPSA) is 64.9 Å². The maximum Gasteiger partial charge on any atom is 0.226 e. The van der Waals surface area contributed by atoms with Gasteiger partial charge in [-0.1, -0.05) is 12.1 Å². The van der Waals surface area contributed by atoms with Gasteiger partial charge in [0, 0.05) is 18.1 Å². The molecule has 0 saturated heterocycles. The van der Waals surface area contributed by atoms with Crippen molar-refractivity contribution < 1.29 is 17.7 Å². The van der Waals surface area contributed by atoms with Crippen LogP contribution < -0.4 is 5.73 Å². The van der Waals surface area contributed by atoms with Gasteiger partial charge in [0.05, 0.1) is 6.04 Å². The lowest BCUT2D eigenvalue weighted by Crippen LogP contribution is -2.16. The third-order valence-electron chi connectivity index (χ3n) is 2.44. The van der Waals surface area contributed by atoms with Gasteiger partial charge in [0.15, 0.2) is 17.5 Å². The van der Waals surface area contributed by atoms with Crippen molar-refractivity contribution in [3.63, 3.8) is 0 Å². The molecule has 2 rings (SSSR count). The summed E-state index contributed by atoms with van der Waals surface area (Å²) in [6, 6.07) is 0.0204. The molecule has 7 heteroatoms. The number of rotatable bonds is 3. The number of hydrogen-bond donors (Lipinski definition) is 1. The molecule has 0 saturated carbocycles. The summed E-state index contributed by atoms with van der Waals surface area (Å²) in [5.74, 6) is -3.05. The van der Waals surface area contributed by atoms with Crippen molar-refractivity contribution in [2.75, 3.05) is 0 Å². The highest BCUT2D eigenvalue weighted by Gasteiger charge is 2.21. The zero-order chi connectivity index (χ0) is 13.3. The van der Waals surface area contributed by atoms with E-state index in [0.29, 0.717) is 24.4 Å². The van der Waals surface area contributed by atoms with Gasteiger partial charge < -0.3 is 10.3 Å². The number of hydrogen-bond acceptors (Lipinski definition) is 4. The molecule has 0 amide bonds. The van der Waals surface area contributed by atoms with Crippen LogP contribution in [0, 0.1) is 17.5 Å². The molecule has 96 valence electrons. The minimum atomic E-state index is -1.27. The van der Waals surface area contributed by atoms with Crippen LogP contribution in [0.4, 0.5) is 13.2 Å². The summed E-state index contributed by atoms with van der Waals surface area (Å²) in [5.41, 5.74) is 5.47. The summed E-state index contributed by atoms with van der Waals surface area (Å²) in [6.07, 6.45) is 0.500. The van der Waals surface area contributed by atoms with Crippen LogP contribution in [0.5, 0.6) is 0 Å². The van der Waals surface area contributed by atoms with Gasteiger partial charge in [0.2, 0.25) is 5.89 Å². The van der Waals surface area contributed by atoms with E-state index in [1.165, 1.54) is 0 Å². The van der Waals surface area contributed by atoms with Gasteiger partial charge in [-0.3, -0.25) is 0 Å². The van der Waals surface area contributed by atoms with Crippen LogP contribution in [0.15, 0.2) is 16.7 Å². The van der Waals surface area contributed by atoms with E-state index in [1.54, 1.807) is 6.92 Å². The first-order valence-corrected chi connectivity index (χ1v) is 5.25. The molecular weight excluding hydrogens is 247 g/mol. The molecule has 1 unspecified atom stereocenters. The van der Waals surface area contributed by atoms with Crippen molar-refractivity contribution in [2.24, 2.45) is 5.73 Å². The van der Waals surface area contributed by atoms with Gasteiger partial charge in [0.25, 0.3) is 0 Å². The minimum absolute atomic E-state index is 0.0248. The smallest absolute Gasteiger partial charge is 0.226 e. The quantitative estimate of drug-likeness (QED) is 0.855. The van der Waals surface area contributed by atoms with E-state index in [2.05, 4.69) is 10.1 Å². The lowest BCUT2D eigenvalue weighted by molar-refractivity contribution is 0.374.